The van der Waals surface area contributed by atoms with Gasteiger partial charge in [-0.1, -0.05) is 13.8 Å². The monoisotopic (exact) mass is 188 g/mol. The predicted octanol–water partition coefficient (Wildman–Crippen LogP) is 2.50. The smallest absolute Gasteiger partial charge is 0.152 e. The van der Waals surface area contributed by atoms with Gasteiger partial charge in [0, 0.05) is 22.8 Å². The number of rotatable bonds is 2. The third kappa shape index (κ3) is 1.21. The van der Waals surface area contributed by atoms with Crippen LogP contribution >= 0.6 is 0 Å². The number of carbonyl (C=O) groups excluding carboxylic acids is 1. The highest BCUT2D eigenvalue weighted by Gasteiger charge is 2.13. The van der Waals surface area contributed by atoms with E-state index < -0.39 is 0 Å². The predicted molar refractivity (Wildman–Crippen MR) is 55.6 cm³/mol. The number of fused-ring (bicyclic) bond motifs is 1. The van der Waals surface area contributed by atoms with E-state index in [0.29, 0.717) is 5.92 Å². The molecule has 0 bridgehead atoms. The Morgan fingerprint density at radius 3 is 2.93 bits per heavy atom. The lowest BCUT2D eigenvalue weighted by molar-refractivity contribution is 0.112. The summed E-state index contributed by atoms with van der Waals surface area (Å²) in [6.07, 6.45) is 2.62. The molecule has 3 nitrogen and oxygen atoms in total. The van der Waals surface area contributed by atoms with Crippen molar-refractivity contribution in [2.75, 3.05) is 0 Å². The van der Waals surface area contributed by atoms with E-state index in [1.54, 1.807) is 6.20 Å². The van der Waals surface area contributed by atoms with Gasteiger partial charge in [0.1, 0.15) is 5.65 Å². The van der Waals surface area contributed by atoms with Gasteiger partial charge in [-0.05, 0) is 18.1 Å². The summed E-state index contributed by atoms with van der Waals surface area (Å²) in [6, 6.07) is 3.75. The Labute approximate surface area is 82.2 Å². The zero-order valence-electron chi connectivity index (χ0n) is 8.24. The Morgan fingerprint density at radius 1 is 1.50 bits per heavy atom. The van der Waals surface area contributed by atoms with Crippen LogP contribution in [0, 0.1) is 0 Å². The van der Waals surface area contributed by atoms with Gasteiger partial charge >= 0.3 is 0 Å². The molecule has 72 valence electrons. The highest BCUT2D eigenvalue weighted by Crippen LogP contribution is 2.24. The fraction of sp³-hybridized carbons (Fsp3) is 0.273. The van der Waals surface area contributed by atoms with Crippen LogP contribution in [0.1, 0.15) is 35.8 Å². The first-order valence-corrected chi connectivity index (χ1v) is 4.65. The fourth-order valence-electron chi connectivity index (χ4n) is 1.64. The highest BCUT2D eigenvalue weighted by atomic mass is 16.1. The maximum absolute atomic E-state index is 11.0. The third-order valence-corrected chi connectivity index (χ3v) is 2.34. The van der Waals surface area contributed by atoms with Crippen molar-refractivity contribution in [1.82, 2.24) is 9.97 Å². The number of hydrogen-bond acceptors (Lipinski definition) is 2. The minimum atomic E-state index is 0.310. The van der Waals surface area contributed by atoms with Crippen molar-refractivity contribution in [3.63, 3.8) is 0 Å². The second-order valence-electron chi connectivity index (χ2n) is 3.62. The molecule has 0 aliphatic rings. The van der Waals surface area contributed by atoms with Crippen molar-refractivity contribution in [3.8, 4) is 0 Å². The van der Waals surface area contributed by atoms with Crippen LogP contribution in [-0.2, 0) is 0 Å². The van der Waals surface area contributed by atoms with Gasteiger partial charge in [0.25, 0.3) is 0 Å². The first kappa shape index (κ1) is 8.94. The molecule has 0 fully saturated rings. The lowest BCUT2D eigenvalue weighted by Crippen LogP contribution is -1.92. The van der Waals surface area contributed by atoms with Gasteiger partial charge in [0.15, 0.2) is 6.29 Å². The van der Waals surface area contributed by atoms with Crippen LogP contribution in [-0.4, -0.2) is 16.3 Å². The van der Waals surface area contributed by atoms with Crippen molar-refractivity contribution < 1.29 is 4.79 Å². The second-order valence-corrected chi connectivity index (χ2v) is 3.62. The van der Waals surface area contributed by atoms with Crippen LogP contribution < -0.4 is 0 Å². The summed E-state index contributed by atoms with van der Waals surface area (Å²) in [5.74, 6) is 0.310. The molecule has 0 spiro atoms. The van der Waals surface area contributed by atoms with Crippen LogP contribution in [0.15, 0.2) is 18.3 Å². The second kappa shape index (κ2) is 3.25. The maximum atomic E-state index is 11.0. The summed E-state index contributed by atoms with van der Waals surface area (Å²) in [4.78, 5) is 18.3. The standard InChI is InChI=1S/C11H12N2O/c1-7(2)10-9(6-14)8-4-3-5-12-11(8)13-10/h3-7H,1-2H3,(H,12,13). The molecule has 0 amide bonds. The van der Waals surface area contributed by atoms with Crippen LogP contribution in [0.4, 0.5) is 0 Å². The van der Waals surface area contributed by atoms with Crippen molar-refractivity contribution >= 4 is 17.3 Å². The number of H-pyrrole nitrogens is 1. The molecule has 0 radical (unpaired) electrons. The average Bonchev–Trinajstić information content (AvgIpc) is 2.56. The van der Waals surface area contributed by atoms with Crippen molar-refractivity contribution in [2.24, 2.45) is 0 Å². The molecule has 0 atom stereocenters. The molecule has 14 heavy (non-hydrogen) atoms. The van der Waals surface area contributed by atoms with E-state index in [4.69, 9.17) is 0 Å². The van der Waals surface area contributed by atoms with E-state index in [0.717, 1.165) is 28.6 Å². The number of nitrogens with zero attached hydrogens (tertiary/aromatic N) is 1. The number of hydrogen-bond donors (Lipinski definition) is 1. The first-order chi connectivity index (χ1) is 6.74. The molecule has 3 heteroatoms. The van der Waals surface area contributed by atoms with Crippen molar-refractivity contribution in [2.45, 2.75) is 19.8 Å². The van der Waals surface area contributed by atoms with E-state index >= 15 is 0 Å². The molecule has 0 aromatic carbocycles. The molecule has 2 heterocycles. The Balaban J connectivity index is 2.78. The quantitative estimate of drug-likeness (QED) is 0.736. The molecule has 0 aliphatic carbocycles. The van der Waals surface area contributed by atoms with Crippen LogP contribution in [0.25, 0.3) is 11.0 Å². The minimum absolute atomic E-state index is 0.310. The van der Waals surface area contributed by atoms with Gasteiger partial charge in [-0.3, -0.25) is 4.79 Å². The van der Waals surface area contributed by atoms with Gasteiger partial charge in [-0.25, -0.2) is 4.98 Å². The summed E-state index contributed by atoms with van der Waals surface area (Å²) in [5.41, 5.74) is 2.50. The Kier molecular flexibility index (Phi) is 2.08. The van der Waals surface area contributed by atoms with Crippen molar-refractivity contribution in [3.05, 3.63) is 29.6 Å². The summed E-state index contributed by atoms with van der Waals surface area (Å²) >= 11 is 0. The fourth-order valence-corrected chi connectivity index (χ4v) is 1.64. The maximum Gasteiger partial charge on any atom is 0.152 e. The highest BCUT2D eigenvalue weighted by molar-refractivity contribution is 5.97. The summed E-state index contributed by atoms with van der Waals surface area (Å²) in [6.45, 7) is 4.11. The minimum Gasteiger partial charge on any atom is -0.342 e. The number of carbonyl (C=O) groups is 1. The van der Waals surface area contributed by atoms with Crippen LogP contribution in [0.2, 0.25) is 0 Å². The number of aromatic amines is 1. The average molecular weight is 188 g/mol. The number of nitrogens with one attached hydrogen (secondary N) is 1. The van der Waals surface area contributed by atoms with Gasteiger partial charge in [0.2, 0.25) is 0 Å². The molecule has 2 aromatic rings. The van der Waals surface area contributed by atoms with Gasteiger partial charge in [-0.15, -0.1) is 0 Å². The Bertz CT molecular complexity index is 471. The lowest BCUT2D eigenvalue weighted by Gasteiger charge is -2.01. The van der Waals surface area contributed by atoms with E-state index in [-0.39, 0.29) is 0 Å². The van der Waals surface area contributed by atoms with Crippen LogP contribution in [0.5, 0.6) is 0 Å². The normalized spacial score (nSPS) is 11.1. The molecule has 2 rings (SSSR count). The topological polar surface area (TPSA) is 45.8 Å². The van der Waals surface area contributed by atoms with E-state index in [2.05, 4.69) is 23.8 Å². The number of aromatic nitrogens is 2. The largest absolute Gasteiger partial charge is 0.342 e. The van der Waals surface area contributed by atoms with Crippen LogP contribution in [0.3, 0.4) is 0 Å². The molecular weight excluding hydrogens is 176 g/mol. The first-order valence-electron chi connectivity index (χ1n) is 4.65. The molecule has 0 aliphatic heterocycles. The SMILES string of the molecule is CC(C)c1[nH]c2ncccc2c1C=O. The molecule has 0 saturated carbocycles. The van der Waals surface area contributed by atoms with E-state index in [1.807, 2.05) is 12.1 Å². The number of aldehydes is 1. The van der Waals surface area contributed by atoms with Gasteiger partial charge in [-0.2, -0.15) is 0 Å². The molecule has 0 saturated heterocycles. The van der Waals surface area contributed by atoms with Gasteiger partial charge < -0.3 is 4.98 Å². The summed E-state index contributed by atoms with van der Waals surface area (Å²) < 4.78 is 0. The van der Waals surface area contributed by atoms with E-state index in [9.17, 15) is 4.79 Å². The van der Waals surface area contributed by atoms with Crippen molar-refractivity contribution in [1.29, 1.82) is 0 Å². The van der Waals surface area contributed by atoms with Gasteiger partial charge in [0.05, 0.1) is 0 Å². The lowest BCUT2D eigenvalue weighted by atomic mass is 10.1. The molecule has 0 unspecified atom stereocenters. The third-order valence-electron chi connectivity index (χ3n) is 2.34. The molecular formula is C11H12N2O. The summed E-state index contributed by atoms with van der Waals surface area (Å²) in [7, 11) is 0. The molecule has 1 N–H and O–H groups in total. The number of pyridine rings is 1. The molecule has 2 aromatic heterocycles. The Hall–Kier alpha value is -1.64. The van der Waals surface area contributed by atoms with E-state index in [1.165, 1.54) is 0 Å². The zero-order chi connectivity index (χ0) is 10.1. The zero-order valence-corrected chi connectivity index (χ0v) is 8.24. The Morgan fingerprint density at radius 2 is 2.29 bits per heavy atom. The summed E-state index contributed by atoms with van der Waals surface area (Å²) in [5, 5.41) is 0.909.